The number of hydrogen-bond donors (Lipinski definition) is 2. The second-order valence-corrected chi connectivity index (χ2v) is 5.10. The van der Waals surface area contributed by atoms with Gasteiger partial charge >= 0.3 is 0 Å². The molecule has 0 bridgehead atoms. The smallest absolute Gasteiger partial charge is 0.251 e. The SMILES string of the molecule is CSCCNC(=O)c1cccc2c1CCCN2. The van der Waals surface area contributed by atoms with Crippen molar-refractivity contribution in [1.29, 1.82) is 0 Å². The Kier molecular flexibility index (Phi) is 4.31. The lowest BCUT2D eigenvalue weighted by Crippen LogP contribution is -2.27. The van der Waals surface area contributed by atoms with E-state index in [0.29, 0.717) is 0 Å². The number of fused-ring (bicyclic) bond motifs is 1. The monoisotopic (exact) mass is 250 g/mol. The van der Waals surface area contributed by atoms with Crippen LogP contribution in [0.15, 0.2) is 18.2 Å². The molecule has 1 heterocycles. The Morgan fingerprint density at radius 3 is 3.24 bits per heavy atom. The third-order valence-electron chi connectivity index (χ3n) is 2.93. The van der Waals surface area contributed by atoms with Gasteiger partial charge in [0.2, 0.25) is 0 Å². The van der Waals surface area contributed by atoms with Gasteiger partial charge in [-0.3, -0.25) is 4.79 Å². The van der Waals surface area contributed by atoms with Gasteiger partial charge < -0.3 is 10.6 Å². The molecular weight excluding hydrogens is 232 g/mol. The molecule has 0 aromatic heterocycles. The summed E-state index contributed by atoms with van der Waals surface area (Å²) in [6.45, 7) is 1.74. The molecule has 0 saturated heterocycles. The lowest BCUT2D eigenvalue weighted by atomic mass is 9.97. The van der Waals surface area contributed by atoms with Crippen LogP contribution in [0.2, 0.25) is 0 Å². The molecule has 4 heteroatoms. The van der Waals surface area contributed by atoms with Crippen LogP contribution in [0.4, 0.5) is 5.69 Å². The lowest BCUT2D eigenvalue weighted by Gasteiger charge is -2.20. The van der Waals surface area contributed by atoms with Gasteiger partial charge in [0.1, 0.15) is 0 Å². The van der Waals surface area contributed by atoms with Gasteiger partial charge in [0, 0.05) is 30.1 Å². The van der Waals surface area contributed by atoms with Gasteiger partial charge in [0.25, 0.3) is 5.91 Å². The first-order chi connectivity index (χ1) is 8.33. The van der Waals surface area contributed by atoms with Crippen LogP contribution in [-0.4, -0.2) is 31.0 Å². The largest absolute Gasteiger partial charge is 0.385 e. The lowest BCUT2D eigenvalue weighted by molar-refractivity contribution is 0.0955. The summed E-state index contributed by atoms with van der Waals surface area (Å²) in [4.78, 5) is 12.0. The molecule has 92 valence electrons. The number of amides is 1. The summed E-state index contributed by atoms with van der Waals surface area (Å²) in [5, 5.41) is 6.30. The van der Waals surface area contributed by atoms with E-state index >= 15 is 0 Å². The fourth-order valence-corrected chi connectivity index (χ4v) is 2.39. The maximum Gasteiger partial charge on any atom is 0.251 e. The van der Waals surface area contributed by atoms with Crippen molar-refractivity contribution >= 4 is 23.4 Å². The zero-order valence-electron chi connectivity index (χ0n) is 10.1. The van der Waals surface area contributed by atoms with Crippen LogP contribution in [0.1, 0.15) is 22.3 Å². The summed E-state index contributed by atoms with van der Waals surface area (Å²) in [6.07, 6.45) is 4.14. The van der Waals surface area contributed by atoms with Gasteiger partial charge in [0.15, 0.2) is 0 Å². The summed E-state index contributed by atoms with van der Waals surface area (Å²) >= 11 is 1.74. The number of benzene rings is 1. The molecule has 0 radical (unpaired) electrons. The molecule has 0 saturated carbocycles. The second-order valence-electron chi connectivity index (χ2n) is 4.11. The van der Waals surface area contributed by atoms with Crippen LogP contribution >= 0.6 is 11.8 Å². The molecule has 2 N–H and O–H groups in total. The van der Waals surface area contributed by atoms with Crippen molar-refractivity contribution in [3.8, 4) is 0 Å². The number of hydrogen-bond acceptors (Lipinski definition) is 3. The van der Waals surface area contributed by atoms with Gasteiger partial charge in [-0.15, -0.1) is 0 Å². The molecular formula is C13H18N2OS. The zero-order chi connectivity index (χ0) is 12.1. The van der Waals surface area contributed by atoms with Crippen molar-refractivity contribution in [2.24, 2.45) is 0 Å². The van der Waals surface area contributed by atoms with E-state index in [4.69, 9.17) is 0 Å². The van der Waals surface area contributed by atoms with Crippen LogP contribution in [-0.2, 0) is 6.42 Å². The fourth-order valence-electron chi connectivity index (χ4n) is 2.08. The topological polar surface area (TPSA) is 41.1 Å². The summed E-state index contributed by atoms with van der Waals surface area (Å²) in [6, 6.07) is 5.91. The third-order valence-corrected chi connectivity index (χ3v) is 3.54. The zero-order valence-corrected chi connectivity index (χ0v) is 10.9. The number of nitrogens with one attached hydrogen (secondary N) is 2. The highest BCUT2D eigenvalue weighted by atomic mass is 32.2. The normalized spacial score (nSPS) is 13.7. The number of thioether (sulfide) groups is 1. The van der Waals surface area contributed by atoms with Crippen molar-refractivity contribution in [2.75, 3.05) is 30.4 Å². The molecule has 1 aliphatic rings. The molecule has 1 amide bonds. The molecule has 0 fully saturated rings. The quantitative estimate of drug-likeness (QED) is 0.804. The van der Waals surface area contributed by atoms with Crippen molar-refractivity contribution < 1.29 is 4.79 Å². The molecule has 0 aliphatic carbocycles. The van der Waals surface area contributed by atoms with E-state index < -0.39 is 0 Å². The fraction of sp³-hybridized carbons (Fsp3) is 0.462. The van der Waals surface area contributed by atoms with E-state index in [1.165, 1.54) is 5.56 Å². The Bertz CT molecular complexity index is 406. The first-order valence-electron chi connectivity index (χ1n) is 5.96. The van der Waals surface area contributed by atoms with Gasteiger partial charge in [-0.2, -0.15) is 11.8 Å². The first kappa shape index (κ1) is 12.3. The average molecular weight is 250 g/mol. The van der Waals surface area contributed by atoms with E-state index in [2.05, 4.69) is 10.6 Å². The van der Waals surface area contributed by atoms with Crippen molar-refractivity contribution in [3.63, 3.8) is 0 Å². The van der Waals surface area contributed by atoms with E-state index in [1.54, 1.807) is 11.8 Å². The van der Waals surface area contributed by atoms with E-state index in [9.17, 15) is 4.79 Å². The number of carbonyl (C=O) groups is 1. The Labute approximate surface area is 106 Å². The molecule has 1 aromatic rings. The van der Waals surface area contributed by atoms with Crippen LogP contribution < -0.4 is 10.6 Å². The maximum absolute atomic E-state index is 12.0. The molecule has 3 nitrogen and oxygen atoms in total. The predicted molar refractivity (Wildman–Crippen MR) is 74.0 cm³/mol. The van der Waals surface area contributed by atoms with Crippen molar-refractivity contribution in [2.45, 2.75) is 12.8 Å². The summed E-state index contributed by atoms with van der Waals surface area (Å²) < 4.78 is 0. The average Bonchev–Trinajstić information content (AvgIpc) is 2.38. The highest BCUT2D eigenvalue weighted by Crippen LogP contribution is 2.25. The number of rotatable bonds is 4. The highest BCUT2D eigenvalue weighted by molar-refractivity contribution is 7.98. The minimum atomic E-state index is 0.0552. The van der Waals surface area contributed by atoms with Crippen LogP contribution in [0.25, 0.3) is 0 Å². The van der Waals surface area contributed by atoms with Crippen molar-refractivity contribution in [1.82, 2.24) is 5.32 Å². The van der Waals surface area contributed by atoms with E-state index in [1.807, 2.05) is 24.5 Å². The summed E-state index contributed by atoms with van der Waals surface area (Å²) in [5.41, 5.74) is 3.12. The highest BCUT2D eigenvalue weighted by Gasteiger charge is 2.16. The Hall–Kier alpha value is -1.16. The number of carbonyl (C=O) groups excluding carboxylic acids is 1. The van der Waals surface area contributed by atoms with Crippen LogP contribution in [0, 0.1) is 0 Å². The molecule has 1 aromatic carbocycles. The third kappa shape index (κ3) is 2.94. The Morgan fingerprint density at radius 2 is 2.41 bits per heavy atom. The van der Waals surface area contributed by atoms with E-state index in [-0.39, 0.29) is 5.91 Å². The second kappa shape index (κ2) is 5.96. The van der Waals surface area contributed by atoms with Crippen molar-refractivity contribution in [3.05, 3.63) is 29.3 Å². The van der Waals surface area contributed by atoms with Gasteiger partial charge in [-0.25, -0.2) is 0 Å². The molecule has 1 aliphatic heterocycles. The molecule has 2 rings (SSSR count). The molecule has 0 unspecified atom stereocenters. The van der Waals surface area contributed by atoms with Gasteiger partial charge in [0.05, 0.1) is 0 Å². The van der Waals surface area contributed by atoms with Crippen LogP contribution in [0.5, 0.6) is 0 Å². The summed E-state index contributed by atoms with van der Waals surface area (Å²) in [7, 11) is 0. The first-order valence-corrected chi connectivity index (χ1v) is 7.35. The molecule has 0 spiro atoms. The number of anilines is 1. The predicted octanol–water partition coefficient (Wildman–Crippen LogP) is 2.14. The Morgan fingerprint density at radius 1 is 1.53 bits per heavy atom. The minimum absolute atomic E-state index is 0.0552. The Balaban J connectivity index is 2.12. The maximum atomic E-state index is 12.0. The minimum Gasteiger partial charge on any atom is -0.385 e. The van der Waals surface area contributed by atoms with Gasteiger partial charge in [-0.05, 0) is 36.8 Å². The molecule has 17 heavy (non-hydrogen) atoms. The standard InChI is InChI=1S/C13H18N2OS/c1-17-9-8-15-13(16)11-4-2-6-12-10(11)5-3-7-14-12/h2,4,6,14H,3,5,7-9H2,1H3,(H,15,16). The van der Waals surface area contributed by atoms with E-state index in [0.717, 1.165) is 42.9 Å². The summed E-state index contributed by atoms with van der Waals surface area (Å²) in [5.74, 6) is 1.01. The molecule has 0 atom stereocenters. The van der Waals surface area contributed by atoms with Crippen LogP contribution in [0.3, 0.4) is 0 Å². The van der Waals surface area contributed by atoms with Gasteiger partial charge in [-0.1, -0.05) is 6.07 Å².